The lowest BCUT2D eigenvalue weighted by molar-refractivity contribution is 0.564. The zero-order valence-corrected chi connectivity index (χ0v) is 13.0. The van der Waals surface area contributed by atoms with Crippen molar-refractivity contribution in [2.24, 2.45) is 0 Å². The van der Waals surface area contributed by atoms with Crippen LogP contribution in [-0.2, 0) is 11.1 Å². The number of rotatable bonds is 2. The van der Waals surface area contributed by atoms with Gasteiger partial charge >= 0.3 is 0 Å². The summed E-state index contributed by atoms with van der Waals surface area (Å²) in [7, 11) is 0. The lowest BCUT2D eigenvalue weighted by Crippen LogP contribution is -1.93. The van der Waals surface area contributed by atoms with Gasteiger partial charge in [0.2, 0.25) is 0 Å². The van der Waals surface area contributed by atoms with E-state index in [0.29, 0.717) is 31.2 Å². The van der Waals surface area contributed by atoms with Crippen LogP contribution in [0.4, 0.5) is 0 Å². The maximum Gasteiger partial charge on any atom is 0.187 e. The van der Waals surface area contributed by atoms with Gasteiger partial charge in [-0.25, -0.2) is 4.21 Å². The normalized spacial score (nSPS) is 12.5. The molecule has 0 saturated carbocycles. The van der Waals surface area contributed by atoms with Crippen LogP contribution in [0.15, 0.2) is 35.2 Å². The average Bonchev–Trinajstić information content (AvgIpc) is 2.33. The zero-order chi connectivity index (χ0) is 14.2. The summed E-state index contributed by atoms with van der Waals surface area (Å²) >= 11 is 21.6. The summed E-state index contributed by atoms with van der Waals surface area (Å²) < 4.78 is 20.6. The maximum atomic E-state index is 11.3. The number of hydrogen-bond donors (Lipinski definition) is 1. The lowest BCUT2D eigenvalue weighted by Gasteiger charge is -2.10. The molecule has 100 valence electrons. The second-order valence-corrected chi connectivity index (χ2v) is 6.23. The van der Waals surface area contributed by atoms with Gasteiger partial charge in [-0.05, 0) is 30.3 Å². The Morgan fingerprint density at radius 3 is 2.11 bits per heavy atom. The van der Waals surface area contributed by atoms with Crippen molar-refractivity contribution in [2.75, 3.05) is 0 Å². The van der Waals surface area contributed by atoms with Crippen LogP contribution in [0.25, 0.3) is 11.1 Å². The van der Waals surface area contributed by atoms with Crippen LogP contribution in [0.2, 0.25) is 20.1 Å². The average molecular weight is 356 g/mol. The molecule has 2 rings (SSSR count). The number of halogens is 4. The molecule has 0 aliphatic heterocycles. The van der Waals surface area contributed by atoms with E-state index in [1.807, 2.05) is 0 Å². The minimum atomic E-state index is -2.16. The molecule has 7 heteroatoms. The van der Waals surface area contributed by atoms with Crippen molar-refractivity contribution >= 4 is 57.5 Å². The quantitative estimate of drug-likeness (QED) is 0.566. The van der Waals surface area contributed by atoms with Crippen molar-refractivity contribution in [3.05, 3.63) is 50.4 Å². The predicted molar refractivity (Wildman–Crippen MR) is 81.0 cm³/mol. The first-order valence-electron chi connectivity index (χ1n) is 4.95. The summed E-state index contributed by atoms with van der Waals surface area (Å²) in [4.78, 5) is 0.199. The highest BCUT2D eigenvalue weighted by Gasteiger charge is 2.15. The van der Waals surface area contributed by atoms with Crippen molar-refractivity contribution in [1.82, 2.24) is 0 Å². The molecular formula is C12H6Cl4O2S. The van der Waals surface area contributed by atoms with Crippen molar-refractivity contribution in [2.45, 2.75) is 4.90 Å². The van der Waals surface area contributed by atoms with Crippen LogP contribution in [0.1, 0.15) is 0 Å². The Bertz CT molecular complexity index is 673. The third-order valence-electron chi connectivity index (χ3n) is 2.43. The number of benzene rings is 2. The van der Waals surface area contributed by atoms with Crippen molar-refractivity contribution in [3.63, 3.8) is 0 Å². The van der Waals surface area contributed by atoms with E-state index in [2.05, 4.69) is 0 Å². The fourth-order valence-corrected chi connectivity index (χ4v) is 2.96. The molecule has 1 unspecified atom stereocenters. The van der Waals surface area contributed by atoms with Crippen molar-refractivity contribution < 1.29 is 8.76 Å². The second-order valence-electron chi connectivity index (χ2n) is 3.64. The summed E-state index contributed by atoms with van der Waals surface area (Å²) in [5, 5.41) is 1.36. The van der Waals surface area contributed by atoms with Gasteiger partial charge in [-0.15, -0.1) is 0 Å². The molecule has 0 heterocycles. The highest BCUT2D eigenvalue weighted by Crippen LogP contribution is 2.38. The molecule has 1 atom stereocenters. The van der Waals surface area contributed by atoms with Gasteiger partial charge in [-0.2, -0.15) is 0 Å². The molecule has 0 aromatic heterocycles. The third kappa shape index (κ3) is 3.24. The molecule has 0 bridgehead atoms. The van der Waals surface area contributed by atoms with Crippen molar-refractivity contribution in [1.29, 1.82) is 0 Å². The Kier molecular flexibility index (Phi) is 4.77. The molecule has 2 aromatic rings. The zero-order valence-electron chi connectivity index (χ0n) is 9.16. The van der Waals surface area contributed by atoms with Gasteiger partial charge in [-0.1, -0.05) is 46.4 Å². The Labute approximate surface area is 132 Å². The Morgan fingerprint density at radius 1 is 0.842 bits per heavy atom. The van der Waals surface area contributed by atoms with Crippen LogP contribution in [-0.4, -0.2) is 8.76 Å². The summed E-state index contributed by atoms with van der Waals surface area (Å²) in [6, 6.07) is 7.56. The standard InChI is InChI=1S/C12H6Cl4O2S/c13-6-1-2-12(19(17)18)8(3-6)7-4-10(15)11(16)5-9(7)14/h1-5H,(H,17,18). The fourth-order valence-electron chi connectivity index (χ4n) is 1.59. The van der Waals surface area contributed by atoms with Gasteiger partial charge in [0, 0.05) is 16.1 Å². The van der Waals surface area contributed by atoms with Crippen LogP contribution in [0.5, 0.6) is 0 Å². The first-order chi connectivity index (χ1) is 8.90. The Balaban J connectivity index is 2.74. The molecule has 2 aromatic carbocycles. The van der Waals surface area contributed by atoms with E-state index in [1.54, 1.807) is 6.07 Å². The highest BCUT2D eigenvalue weighted by atomic mass is 35.5. The van der Waals surface area contributed by atoms with E-state index in [0.717, 1.165) is 0 Å². The molecule has 0 fully saturated rings. The van der Waals surface area contributed by atoms with E-state index >= 15 is 0 Å². The number of hydrogen-bond acceptors (Lipinski definition) is 1. The first-order valence-corrected chi connectivity index (χ1v) is 7.57. The minimum absolute atomic E-state index is 0.199. The SMILES string of the molecule is O=S(O)c1ccc(Cl)cc1-c1cc(Cl)c(Cl)cc1Cl. The Morgan fingerprint density at radius 2 is 1.47 bits per heavy atom. The van der Waals surface area contributed by atoms with Crippen molar-refractivity contribution in [3.8, 4) is 11.1 Å². The molecule has 0 spiro atoms. The van der Waals surface area contributed by atoms with Crippen LogP contribution in [0.3, 0.4) is 0 Å². The van der Waals surface area contributed by atoms with Gasteiger partial charge in [-0.3, -0.25) is 0 Å². The highest BCUT2D eigenvalue weighted by molar-refractivity contribution is 7.79. The van der Waals surface area contributed by atoms with Gasteiger partial charge in [0.1, 0.15) is 0 Å². The summed E-state index contributed by atoms with van der Waals surface area (Å²) in [6.45, 7) is 0. The molecule has 0 saturated heterocycles. The molecule has 2 nitrogen and oxygen atoms in total. The lowest BCUT2D eigenvalue weighted by atomic mass is 10.1. The molecule has 19 heavy (non-hydrogen) atoms. The summed E-state index contributed by atoms with van der Waals surface area (Å²) in [5.74, 6) is 0. The second kappa shape index (κ2) is 6.00. The third-order valence-corrected chi connectivity index (χ3v) is 4.43. The maximum absolute atomic E-state index is 11.3. The molecule has 0 amide bonds. The molecule has 0 radical (unpaired) electrons. The van der Waals surface area contributed by atoms with Gasteiger partial charge in [0.15, 0.2) is 11.1 Å². The van der Waals surface area contributed by atoms with E-state index in [-0.39, 0.29) is 4.90 Å². The molecular weight excluding hydrogens is 350 g/mol. The van der Waals surface area contributed by atoms with Crippen LogP contribution < -0.4 is 0 Å². The Hall–Kier alpha value is -0.290. The smallest absolute Gasteiger partial charge is 0.187 e. The van der Waals surface area contributed by atoms with Gasteiger partial charge in [0.05, 0.1) is 20.0 Å². The monoisotopic (exact) mass is 354 g/mol. The van der Waals surface area contributed by atoms with E-state index in [1.165, 1.54) is 24.3 Å². The molecule has 0 aliphatic carbocycles. The van der Waals surface area contributed by atoms with E-state index in [9.17, 15) is 8.76 Å². The van der Waals surface area contributed by atoms with Crippen LogP contribution in [0, 0.1) is 0 Å². The van der Waals surface area contributed by atoms with E-state index < -0.39 is 11.1 Å². The molecule has 0 aliphatic rings. The topological polar surface area (TPSA) is 37.3 Å². The van der Waals surface area contributed by atoms with Gasteiger partial charge < -0.3 is 4.55 Å². The summed E-state index contributed by atoms with van der Waals surface area (Å²) in [6.07, 6.45) is 0. The summed E-state index contributed by atoms with van der Waals surface area (Å²) in [5.41, 5.74) is 0.938. The first kappa shape index (κ1) is 15.1. The minimum Gasteiger partial charge on any atom is -0.302 e. The van der Waals surface area contributed by atoms with Gasteiger partial charge in [0.25, 0.3) is 0 Å². The predicted octanol–water partition coefficient (Wildman–Crippen LogP) is 5.55. The largest absolute Gasteiger partial charge is 0.302 e. The molecule has 1 N–H and O–H groups in total. The fraction of sp³-hybridized carbons (Fsp3) is 0. The van der Waals surface area contributed by atoms with Crippen LogP contribution >= 0.6 is 46.4 Å². The van der Waals surface area contributed by atoms with E-state index in [4.69, 9.17) is 46.4 Å².